The van der Waals surface area contributed by atoms with Gasteiger partial charge in [0.25, 0.3) is 0 Å². The average molecular weight is 275 g/mol. The smallest absolute Gasteiger partial charge is 0.0503 e. The molecule has 2 nitrogen and oxygen atoms in total. The van der Waals surface area contributed by atoms with E-state index in [1.54, 1.807) is 7.11 Å². The molecule has 1 aromatic rings. The maximum Gasteiger partial charge on any atom is 0.0503 e. The molecule has 1 aliphatic rings. The van der Waals surface area contributed by atoms with Gasteiger partial charge in [-0.2, -0.15) is 0 Å². The molecule has 1 aromatic carbocycles. The summed E-state index contributed by atoms with van der Waals surface area (Å²) in [5.41, 5.74) is 2.68. The van der Waals surface area contributed by atoms with E-state index in [1.165, 1.54) is 36.9 Å². The Labute approximate surface area is 123 Å². The van der Waals surface area contributed by atoms with Gasteiger partial charge in [0, 0.05) is 18.8 Å². The normalized spacial score (nSPS) is 23.0. The number of benzene rings is 1. The van der Waals surface area contributed by atoms with Gasteiger partial charge >= 0.3 is 0 Å². The number of hydrogen-bond acceptors (Lipinski definition) is 2. The summed E-state index contributed by atoms with van der Waals surface area (Å²) in [7, 11) is 1.77. The Morgan fingerprint density at radius 3 is 2.80 bits per heavy atom. The van der Waals surface area contributed by atoms with Crippen LogP contribution in [0.1, 0.15) is 45.1 Å². The Morgan fingerprint density at radius 1 is 1.25 bits per heavy atom. The van der Waals surface area contributed by atoms with Crippen LogP contribution in [0.2, 0.25) is 0 Å². The molecule has 20 heavy (non-hydrogen) atoms. The minimum atomic E-state index is 0.639. The van der Waals surface area contributed by atoms with E-state index in [2.05, 4.69) is 43.4 Å². The van der Waals surface area contributed by atoms with Crippen LogP contribution >= 0.6 is 0 Å². The fraction of sp³-hybridized carbons (Fsp3) is 0.667. The molecule has 0 radical (unpaired) electrons. The maximum absolute atomic E-state index is 5.21. The SMILES string of the molecule is COCCc1ccccc1NC1CCCC(C(C)C)C1. The Kier molecular flexibility index (Phi) is 5.90. The first-order valence-electron chi connectivity index (χ1n) is 8.04. The van der Waals surface area contributed by atoms with Gasteiger partial charge in [-0.15, -0.1) is 0 Å². The van der Waals surface area contributed by atoms with Crippen molar-refractivity contribution in [3.05, 3.63) is 29.8 Å². The summed E-state index contributed by atoms with van der Waals surface area (Å²) in [6.07, 6.45) is 6.38. The lowest BCUT2D eigenvalue weighted by atomic mass is 9.79. The fourth-order valence-corrected chi connectivity index (χ4v) is 3.28. The summed E-state index contributed by atoms with van der Waals surface area (Å²) in [5.74, 6) is 1.69. The second-order valence-corrected chi connectivity index (χ2v) is 6.41. The molecule has 0 amide bonds. The molecule has 1 fully saturated rings. The average Bonchev–Trinajstić information content (AvgIpc) is 2.46. The summed E-state index contributed by atoms with van der Waals surface area (Å²) in [6, 6.07) is 9.31. The van der Waals surface area contributed by atoms with Crippen LogP contribution in [0, 0.1) is 11.8 Å². The molecule has 0 aliphatic heterocycles. The lowest BCUT2D eigenvalue weighted by molar-refractivity contribution is 0.202. The van der Waals surface area contributed by atoms with Crippen molar-refractivity contribution in [3.63, 3.8) is 0 Å². The van der Waals surface area contributed by atoms with Crippen molar-refractivity contribution in [1.29, 1.82) is 0 Å². The summed E-state index contributed by atoms with van der Waals surface area (Å²) < 4.78 is 5.21. The highest BCUT2D eigenvalue weighted by atomic mass is 16.5. The molecular formula is C18H29NO. The van der Waals surface area contributed by atoms with Gasteiger partial charge in [-0.1, -0.05) is 44.9 Å². The lowest BCUT2D eigenvalue weighted by Crippen LogP contribution is -2.29. The molecule has 0 spiro atoms. The summed E-state index contributed by atoms with van der Waals surface area (Å²) in [5, 5.41) is 3.79. The van der Waals surface area contributed by atoms with E-state index in [1.807, 2.05) is 0 Å². The topological polar surface area (TPSA) is 21.3 Å². The van der Waals surface area contributed by atoms with E-state index in [9.17, 15) is 0 Å². The van der Waals surface area contributed by atoms with Gasteiger partial charge < -0.3 is 10.1 Å². The number of methoxy groups -OCH3 is 1. The van der Waals surface area contributed by atoms with E-state index >= 15 is 0 Å². The Bertz CT molecular complexity index is 402. The molecule has 2 unspecified atom stereocenters. The lowest BCUT2D eigenvalue weighted by Gasteiger charge is -2.33. The third-order valence-electron chi connectivity index (χ3n) is 4.61. The standard InChI is InChI=1S/C18H29NO/c1-14(2)16-8-6-9-17(13-16)19-18-10-5-4-7-15(18)11-12-20-3/h4-5,7,10,14,16-17,19H,6,8-9,11-13H2,1-3H3. The van der Waals surface area contributed by atoms with Crippen LogP contribution in [0.5, 0.6) is 0 Å². The van der Waals surface area contributed by atoms with Crippen molar-refractivity contribution < 1.29 is 4.74 Å². The molecule has 0 heterocycles. The molecule has 0 bridgehead atoms. The largest absolute Gasteiger partial charge is 0.384 e. The zero-order valence-electron chi connectivity index (χ0n) is 13.2. The maximum atomic E-state index is 5.21. The predicted molar refractivity (Wildman–Crippen MR) is 86.2 cm³/mol. The van der Waals surface area contributed by atoms with Gasteiger partial charge in [-0.05, 0) is 42.7 Å². The first kappa shape index (κ1) is 15.4. The van der Waals surface area contributed by atoms with Crippen LogP contribution in [0.4, 0.5) is 5.69 Å². The molecule has 1 saturated carbocycles. The van der Waals surface area contributed by atoms with Crippen LogP contribution in [-0.4, -0.2) is 19.8 Å². The third kappa shape index (κ3) is 4.24. The zero-order chi connectivity index (χ0) is 14.4. The summed E-state index contributed by atoms with van der Waals surface area (Å²) in [6.45, 7) is 5.51. The van der Waals surface area contributed by atoms with E-state index in [4.69, 9.17) is 4.74 Å². The van der Waals surface area contributed by atoms with Crippen molar-refractivity contribution in [2.45, 2.75) is 52.0 Å². The highest BCUT2D eigenvalue weighted by molar-refractivity contribution is 5.52. The Balaban J connectivity index is 1.98. The van der Waals surface area contributed by atoms with Crippen molar-refractivity contribution in [2.75, 3.05) is 19.0 Å². The van der Waals surface area contributed by atoms with Crippen LogP contribution in [0.3, 0.4) is 0 Å². The van der Waals surface area contributed by atoms with Crippen LogP contribution in [-0.2, 0) is 11.2 Å². The van der Waals surface area contributed by atoms with E-state index in [-0.39, 0.29) is 0 Å². The van der Waals surface area contributed by atoms with Gasteiger partial charge in [-0.3, -0.25) is 0 Å². The third-order valence-corrected chi connectivity index (χ3v) is 4.61. The quantitative estimate of drug-likeness (QED) is 0.825. The minimum absolute atomic E-state index is 0.639. The van der Waals surface area contributed by atoms with Crippen LogP contribution < -0.4 is 5.32 Å². The monoisotopic (exact) mass is 275 g/mol. The summed E-state index contributed by atoms with van der Waals surface area (Å²) in [4.78, 5) is 0. The molecule has 0 saturated heterocycles. The molecule has 2 rings (SSSR count). The highest BCUT2D eigenvalue weighted by Crippen LogP contribution is 2.32. The minimum Gasteiger partial charge on any atom is -0.384 e. The molecular weight excluding hydrogens is 246 g/mol. The highest BCUT2D eigenvalue weighted by Gasteiger charge is 2.24. The van der Waals surface area contributed by atoms with Crippen molar-refractivity contribution >= 4 is 5.69 Å². The van der Waals surface area contributed by atoms with Crippen molar-refractivity contribution in [1.82, 2.24) is 0 Å². The zero-order valence-corrected chi connectivity index (χ0v) is 13.2. The number of rotatable bonds is 6. The molecule has 0 aromatic heterocycles. The van der Waals surface area contributed by atoms with Crippen LogP contribution in [0.25, 0.3) is 0 Å². The van der Waals surface area contributed by atoms with E-state index in [0.717, 1.165) is 24.9 Å². The predicted octanol–water partition coefficient (Wildman–Crippen LogP) is 4.50. The molecule has 112 valence electrons. The Morgan fingerprint density at radius 2 is 2.05 bits per heavy atom. The number of anilines is 1. The Hall–Kier alpha value is -1.02. The fourth-order valence-electron chi connectivity index (χ4n) is 3.28. The molecule has 2 atom stereocenters. The van der Waals surface area contributed by atoms with Crippen molar-refractivity contribution in [3.8, 4) is 0 Å². The second-order valence-electron chi connectivity index (χ2n) is 6.41. The number of ether oxygens (including phenoxy) is 1. The molecule has 2 heteroatoms. The van der Waals surface area contributed by atoms with Crippen molar-refractivity contribution in [2.24, 2.45) is 11.8 Å². The van der Waals surface area contributed by atoms with E-state index < -0.39 is 0 Å². The second kappa shape index (κ2) is 7.68. The van der Waals surface area contributed by atoms with Gasteiger partial charge in [0.2, 0.25) is 0 Å². The van der Waals surface area contributed by atoms with Gasteiger partial charge in [-0.25, -0.2) is 0 Å². The molecule has 1 aliphatic carbocycles. The summed E-state index contributed by atoms with van der Waals surface area (Å²) >= 11 is 0. The van der Waals surface area contributed by atoms with E-state index in [0.29, 0.717) is 6.04 Å². The van der Waals surface area contributed by atoms with Crippen LogP contribution in [0.15, 0.2) is 24.3 Å². The first-order valence-corrected chi connectivity index (χ1v) is 8.04. The van der Waals surface area contributed by atoms with Gasteiger partial charge in [0.15, 0.2) is 0 Å². The van der Waals surface area contributed by atoms with Gasteiger partial charge in [0.1, 0.15) is 0 Å². The first-order chi connectivity index (χ1) is 9.70. The van der Waals surface area contributed by atoms with Gasteiger partial charge in [0.05, 0.1) is 6.61 Å². The number of para-hydroxylation sites is 1. The number of hydrogen-bond donors (Lipinski definition) is 1. The molecule has 1 N–H and O–H groups in total. The number of nitrogens with one attached hydrogen (secondary N) is 1.